The van der Waals surface area contributed by atoms with Gasteiger partial charge in [0.25, 0.3) is 0 Å². The lowest BCUT2D eigenvalue weighted by molar-refractivity contribution is 0.355. The van der Waals surface area contributed by atoms with Gasteiger partial charge in [-0.2, -0.15) is 0 Å². The fourth-order valence-electron chi connectivity index (χ4n) is 4.33. The largest absolute Gasteiger partial charge is 0.0649 e. The molecule has 2 aliphatic carbocycles. The number of fused-ring (bicyclic) bond motifs is 1. The van der Waals surface area contributed by atoms with Crippen molar-refractivity contribution < 1.29 is 0 Å². The second-order valence-electron chi connectivity index (χ2n) is 7.43. The van der Waals surface area contributed by atoms with Crippen molar-refractivity contribution >= 4 is 6.08 Å². The molecule has 0 N–H and O–H groups in total. The van der Waals surface area contributed by atoms with Crippen LogP contribution in [0.5, 0.6) is 0 Å². The lowest BCUT2D eigenvalue weighted by atomic mass is 9.84. The monoisotopic (exact) mass is 302 g/mol. The number of hydrogen-bond acceptors (Lipinski definition) is 0. The Hall–Kier alpha value is -1.82. The molecule has 0 unspecified atom stereocenters. The summed E-state index contributed by atoms with van der Waals surface area (Å²) in [5.41, 5.74) is 8.78. The summed E-state index contributed by atoms with van der Waals surface area (Å²) in [5, 5.41) is 0. The van der Waals surface area contributed by atoms with Gasteiger partial charge < -0.3 is 0 Å². The van der Waals surface area contributed by atoms with Crippen LogP contribution in [0, 0.1) is 12.8 Å². The molecule has 0 aromatic heterocycles. The maximum Gasteiger partial charge on any atom is -0.00516 e. The fraction of sp³-hybridized carbons (Fsp3) is 0.391. The highest BCUT2D eigenvalue weighted by atomic mass is 14.3. The number of hydrogen-bond donors (Lipinski definition) is 0. The summed E-state index contributed by atoms with van der Waals surface area (Å²) in [7, 11) is 0. The molecule has 2 aliphatic rings. The smallest absolute Gasteiger partial charge is 0.00516 e. The summed E-state index contributed by atoms with van der Waals surface area (Å²) in [6.45, 7) is 2.16. The van der Waals surface area contributed by atoms with Crippen LogP contribution in [0.2, 0.25) is 0 Å². The molecule has 23 heavy (non-hydrogen) atoms. The van der Waals surface area contributed by atoms with Gasteiger partial charge in [0, 0.05) is 0 Å². The van der Waals surface area contributed by atoms with Gasteiger partial charge in [-0.3, -0.25) is 0 Å². The van der Waals surface area contributed by atoms with E-state index >= 15 is 0 Å². The van der Waals surface area contributed by atoms with Crippen molar-refractivity contribution in [2.75, 3.05) is 0 Å². The molecule has 2 aromatic carbocycles. The van der Waals surface area contributed by atoms with E-state index < -0.39 is 0 Å². The zero-order valence-electron chi connectivity index (χ0n) is 14.1. The normalized spacial score (nSPS) is 17.9. The number of benzene rings is 2. The third kappa shape index (κ3) is 3.13. The molecule has 0 radical (unpaired) electrons. The molecule has 0 bridgehead atoms. The molecule has 1 saturated carbocycles. The van der Waals surface area contributed by atoms with Crippen LogP contribution in [-0.2, 0) is 6.42 Å². The minimum atomic E-state index is 0.937. The van der Waals surface area contributed by atoms with Crippen molar-refractivity contribution in [3.05, 3.63) is 64.7 Å². The van der Waals surface area contributed by atoms with E-state index in [0.717, 1.165) is 12.3 Å². The van der Waals surface area contributed by atoms with E-state index in [2.05, 4.69) is 55.5 Å². The molecule has 2 aromatic rings. The van der Waals surface area contributed by atoms with E-state index in [9.17, 15) is 0 Å². The lowest BCUT2D eigenvalue weighted by Gasteiger charge is -2.22. The molecule has 4 rings (SSSR count). The van der Waals surface area contributed by atoms with Crippen molar-refractivity contribution in [1.82, 2.24) is 0 Å². The van der Waals surface area contributed by atoms with Gasteiger partial charge >= 0.3 is 0 Å². The van der Waals surface area contributed by atoms with Gasteiger partial charge in [-0.25, -0.2) is 0 Å². The van der Waals surface area contributed by atoms with Crippen molar-refractivity contribution in [1.29, 1.82) is 0 Å². The van der Waals surface area contributed by atoms with E-state index in [1.807, 2.05) is 0 Å². The van der Waals surface area contributed by atoms with Crippen LogP contribution in [0.25, 0.3) is 17.2 Å². The second-order valence-corrected chi connectivity index (χ2v) is 7.43. The topological polar surface area (TPSA) is 0 Å². The van der Waals surface area contributed by atoms with E-state index in [0.29, 0.717) is 0 Å². The Labute approximate surface area is 140 Å². The van der Waals surface area contributed by atoms with Crippen molar-refractivity contribution in [2.24, 2.45) is 5.92 Å². The van der Waals surface area contributed by atoms with E-state index in [-0.39, 0.29) is 0 Å². The van der Waals surface area contributed by atoms with Gasteiger partial charge in [-0.05, 0) is 47.9 Å². The third-order valence-electron chi connectivity index (χ3n) is 5.61. The molecule has 0 atom stereocenters. The zero-order valence-corrected chi connectivity index (χ0v) is 14.1. The van der Waals surface area contributed by atoms with Crippen LogP contribution in [0.3, 0.4) is 0 Å². The molecule has 0 aliphatic heterocycles. The van der Waals surface area contributed by atoms with E-state index in [1.165, 1.54) is 60.8 Å². The summed E-state index contributed by atoms with van der Waals surface area (Å²) in [6, 6.07) is 15.8. The molecule has 0 nitrogen and oxygen atoms in total. The first-order chi connectivity index (χ1) is 11.3. The summed E-state index contributed by atoms with van der Waals surface area (Å²) in [6.07, 6.45) is 12.2. The van der Waals surface area contributed by atoms with Crippen LogP contribution >= 0.6 is 0 Å². The molecule has 0 saturated heterocycles. The molecule has 1 fully saturated rings. The maximum atomic E-state index is 2.47. The number of aryl methyl sites for hydroxylation is 1. The van der Waals surface area contributed by atoms with Crippen LogP contribution in [0.4, 0.5) is 0 Å². The predicted octanol–water partition coefficient (Wildman–Crippen LogP) is 6.57. The minimum absolute atomic E-state index is 0.937. The van der Waals surface area contributed by atoms with Gasteiger partial charge in [-0.1, -0.05) is 91.8 Å². The molecular formula is C23H26. The number of allylic oxidation sites excluding steroid dienone is 1. The SMILES string of the molecule is Cc1ccc(-c2cccc3c2CC(CC2CCCCC2)=C3)cc1. The summed E-state index contributed by atoms with van der Waals surface area (Å²) in [4.78, 5) is 0. The summed E-state index contributed by atoms with van der Waals surface area (Å²) in [5.74, 6) is 0.937. The lowest BCUT2D eigenvalue weighted by Crippen LogP contribution is -2.07. The van der Waals surface area contributed by atoms with Gasteiger partial charge in [0.1, 0.15) is 0 Å². The average molecular weight is 302 g/mol. The first-order valence-corrected chi connectivity index (χ1v) is 9.18. The van der Waals surface area contributed by atoms with Gasteiger partial charge in [0.05, 0.1) is 0 Å². The molecule has 0 amide bonds. The predicted molar refractivity (Wildman–Crippen MR) is 99.5 cm³/mol. The van der Waals surface area contributed by atoms with Crippen LogP contribution in [0.1, 0.15) is 55.2 Å². The molecule has 0 heterocycles. The van der Waals surface area contributed by atoms with E-state index in [4.69, 9.17) is 0 Å². The Kier molecular flexibility index (Phi) is 4.08. The first kappa shape index (κ1) is 14.8. The highest BCUT2D eigenvalue weighted by molar-refractivity contribution is 5.77. The van der Waals surface area contributed by atoms with E-state index in [1.54, 1.807) is 11.1 Å². The van der Waals surface area contributed by atoms with Gasteiger partial charge in [-0.15, -0.1) is 0 Å². The van der Waals surface area contributed by atoms with Crippen molar-refractivity contribution in [2.45, 2.75) is 51.9 Å². The second kappa shape index (κ2) is 6.35. The third-order valence-corrected chi connectivity index (χ3v) is 5.61. The Morgan fingerprint density at radius 3 is 2.48 bits per heavy atom. The van der Waals surface area contributed by atoms with Crippen LogP contribution in [-0.4, -0.2) is 0 Å². The summed E-state index contributed by atoms with van der Waals surface area (Å²) < 4.78 is 0. The highest BCUT2D eigenvalue weighted by Gasteiger charge is 2.21. The molecule has 0 heteroatoms. The quantitative estimate of drug-likeness (QED) is 0.601. The summed E-state index contributed by atoms with van der Waals surface area (Å²) >= 11 is 0. The molecule has 118 valence electrons. The first-order valence-electron chi connectivity index (χ1n) is 9.18. The average Bonchev–Trinajstić information content (AvgIpc) is 2.99. The van der Waals surface area contributed by atoms with Crippen LogP contribution < -0.4 is 0 Å². The molecular weight excluding hydrogens is 276 g/mol. The molecule has 0 spiro atoms. The Morgan fingerprint density at radius 1 is 0.913 bits per heavy atom. The Bertz CT molecular complexity index is 712. The van der Waals surface area contributed by atoms with Crippen LogP contribution in [0.15, 0.2) is 48.0 Å². The van der Waals surface area contributed by atoms with Crippen molar-refractivity contribution in [3.8, 4) is 11.1 Å². The minimum Gasteiger partial charge on any atom is -0.0649 e. The maximum absolute atomic E-state index is 2.47. The Balaban J connectivity index is 1.56. The number of rotatable bonds is 3. The van der Waals surface area contributed by atoms with Gasteiger partial charge in [0.15, 0.2) is 0 Å². The van der Waals surface area contributed by atoms with Crippen molar-refractivity contribution in [3.63, 3.8) is 0 Å². The Morgan fingerprint density at radius 2 is 1.70 bits per heavy atom. The standard InChI is InChI=1S/C23H26/c1-17-10-12-20(13-11-17)22-9-5-8-21-15-19(16-23(21)22)14-18-6-3-2-4-7-18/h5,8-13,15,18H,2-4,6-7,14,16H2,1H3. The zero-order chi connectivity index (χ0) is 15.6. The highest BCUT2D eigenvalue weighted by Crippen LogP contribution is 2.38. The van der Waals surface area contributed by atoms with Gasteiger partial charge in [0.2, 0.25) is 0 Å². The fourth-order valence-corrected chi connectivity index (χ4v) is 4.33.